The number of benzene rings is 1. The van der Waals surface area contributed by atoms with Crippen LogP contribution >= 0.6 is 11.6 Å². The summed E-state index contributed by atoms with van der Waals surface area (Å²) in [6.45, 7) is 6.23. The molecule has 1 rings (SSSR count). The van der Waals surface area contributed by atoms with Crippen molar-refractivity contribution in [1.82, 2.24) is 0 Å². The van der Waals surface area contributed by atoms with Gasteiger partial charge < -0.3 is 15.8 Å². The van der Waals surface area contributed by atoms with Gasteiger partial charge in [0, 0.05) is 11.6 Å². The summed E-state index contributed by atoms with van der Waals surface area (Å²) < 4.78 is 5.43. The molecule has 5 heteroatoms. The van der Waals surface area contributed by atoms with Gasteiger partial charge in [-0.05, 0) is 39.0 Å². The van der Waals surface area contributed by atoms with Gasteiger partial charge in [0.05, 0.1) is 17.7 Å². The minimum atomic E-state index is -0.633. The molecule has 0 aliphatic carbocycles. The van der Waals surface area contributed by atoms with Crippen LogP contribution in [-0.4, -0.2) is 19.1 Å². The van der Waals surface area contributed by atoms with E-state index in [4.69, 9.17) is 22.1 Å². The number of nitrogens with one attached hydrogen (secondary N) is 1. The number of anilines is 1. The molecule has 0 aliphatic rings. The van der Waals surface area contributed by atoms with E-state index in [-0.39, 0.29) is 12.5 Å². The van der Waals surface area contributed by atoms with Crippen LogP contribution in [0.25, 0.3) is 0 Å². The molecule has 0 unspecified atom stereocenters. The number of amides is 1. The highest BCUT2D eigenvalue weighted by Gasteiger charge is 2.26. The molecule has 0 atom stereocenters. The zero-order valence-corrected chi connectivity index (χ0v) is 11.7. The number of carbonyl (C=O) groups excluding carboxylic acids is 1. The quantitative estimate of drug-likeness (QED) is 0.865. The molecule has 0 fully saturated rings. The van der Waals surface area contributed by atoms with E-state index in [0.717, 1.165) is 0 Å². The Labute approximate surface area is 112 Å². The molecule has 0 aromatic heterocycles. The number of ether oxygens (including phenoxy) is 1. The highest BCUT2D eigenvalue weighted by molar-refractivity contribution is 6.31. The first-order valence-corrected chi connectivity index (χ1v) is 6.22. The summed E-state index contributed by atoms with van der Waals surface area (Å²) in [6.07, 6.45) is 0. The number of carbonyl (C=O) groups is 1. The van der Waals surface area contributed by atoms with Gasteiger partial charge >= 0.3 is 0 Å². The second-order valence-corrected chi connectivity index (χ2v) is 5.05. The van der Waals surface area contributed by atoms with Crippen LogP contribution in [0.2, 0.25) is 5.02 Å². The van der Waals surface area contributed by atoms with Gasteiger partial charge in [0.25, 0.3) is 0 Å². The maximum atomic E-state index is 12.0. The second-order valence-electron chi connectivity index (χ2n) is 4.62. The Hall–Kier alpha value is -1.26. The van der Waals surface area contributed by atoms with Gasteiger partial charge in [-0.3, -0.25) is 4.79 Å². The van der Waals surface area contributed by atoms with E-state index in [1.54, 1.807) is 32.0 Å². The highest BCUT2D eigenvalue weighted by atomic mass is 35.5. The van der Waals surface area contributed by atoms with E-state index in [9.17, 15) is 4.79 Å². The molecule has 0 radical (unpaired) electrons. The predicted octanol–water partition coefficient (Wildman–Crippen LogP) is 2.66. The number of hydrogen-bond donors (Lipinski definition) is 2. The average molecular weight is 271 g/mol. The molecule has 0 saturated carbocycles. The van der Waals surface area contributed by atoms with Crippen molar-refractivity contribution in [2.75, 3.05) is 18.5 Å². The molecule has 3 N–H and O–H groups in total. The van der Waals surface area contributed by atoms with E-state index in [0.29, 0.717) is 23.1 Å². The number of halogens is 1. The van der Waals surface area contributed by atoms with Crippen molar-refractivity contribution in [3.05, 3.63) is 23.2 Å². The van der Waals surface area contributed by atoms with Crippen molar-refractivity contribution in [2.45, 2.75) is 20.8 Å². The van der Waals surface area contributed by atoms with Crippen molar-refractivity contribution in [2.24, 2.45) is 11.1 Å². The van der Waals surface area contributed by atoms with Gasteiger partial charge in [-0.1, -0.05) is 11.6 Å². The normalized spacial score (nSPS) is 11.2. The lowest BCUT2D eigenvalue weighted by molar-refractivity contribution is -0.123. The summed E-state index contributed by atoms with van der Waals surface area (Å²) in [5.74, 6) is 0.441. The minimum Gasteiger partial charge on any atom is -0.492 e. The monoisotopic (exact) mass is 270 g/mol. The molecule has 18 heavy (non-hydrogen) atoms. The second kappa shape index (κ2) is 6.07. The fraction of sp³-hybridized carbons (Fsp3) is 0.462. The summed E-state index contributed by atoms with van der Waals surface area (Å²) in [5, 5.41) is 3.34. The topological polar surface area (TPSA) is 64.3 Å². The molecule has 100 valence electrons. The zero-order valence-electron chi connectivity index (χ0n) is 10.9. The van der Waals surface area contributed by atoms with E-state index >= 15 is 0 Å². The lowest BCUT2D eigenvalue weighted by Gasteiger charge is -2.22. The molecule has 0 aliphatic heterocycles. The summed E-state index contributed by atoms with van der Waals surface area (Å²) >= 11 is 5.92. The van der Waals surface area contributed by atoms with Gasteiger partial charge in [-0.25, -0.2) is 0 Å². The Morgan fingerprint density at radius 2 is 2.17 bits per heavy atom. The van der Waals surface area contributed by atoms with Crippen LogP contribution in [0, 0.1) is 5.41 Å². The molecule has 1 aromatic rings. The maximum absolute atomic E-state index is 12.0. The molecular formula is C13H19ClN2O2. The van der Waals surface area contributed by atoms with Crippen molar-refractivity contribution in [3.8, 4) is 5.75 Å². The first kappa shape index (κ1) is 14.8. The number of nitrogens with two attached hydrogens (primary N) is 1. The summed E-state index contributed by atoms with van der Waals surface area (Å²) in [4.78, 5) is 12.0. The van der Waals surface area contributed by atoms with Crippen molar-refractivity contribution in [1.29, 1.82) is 0 Å². The molecule has 0 bridgehead atoms. The molecular weight excluding hydrogens is 252 g/mol. The summed E-state index contributed by atoms with van der Waals surface area (Å²) in [6, 6.07) is 5.12. The Kier molecular flexibility index (Phi) is 4.99. The van der Waals surface area contributed by atoms with E-state index in [2.05, 4.69) is 5.32 Å². The predicted molar refractivity (Wildman–Crippen MR) is 74.1 cm³/mol. The molecule has 0 saturated heterocycles. The Balaban J connectivity index is 2.95. The first-order chi connectivity index (χ1) is 8.40. The lowest BCUT2D eigenvalue weighted by atomic mass is 9.92. The molecule has 4 nitrogen and oxygen atoms in total. The van der Waals surface area contributed by atoms with Crippen LogP contribution in [0.1, 0.15) is 20.8 Å². The average Bonchev–Trinajstić information content (AvgIpc) is 2.32. The fourth-order valence-corrected chi connectivity index (χ4v) is 1.44. The van der Waals surface area contributed by atoms with Gasteiger partial charge in [0.2, 0.25) is 5.91 Å². The van der Waals surface area contributed by atoms with E-state index in [1.807, 2.05) is 6.92 Å². The smallest absolute Gasteiger partial charge is 0.231 e. The van der Waals surface area contributed by atoms with E-state index < -0.39 is 5.41 Å². The van der Waals surface area contributed by atoms with Crippen molar-refractivity contribution in [3.63, 3.8) is 0 Å². The van der Waals surface area contributed by atoms with E-state index in [1.165, 1.54) is 0 Å². The third kappa shape index (κ3) is 3.62. The standard InChI is InChI=1S/C13H19ClN2O2/c1-4-18-11-6-5-9(14)7-10(11)16-12(17)13(2,3)8-15/h5-7H,4,8,15H2,1-3H3,(H,16,17). The van der Waals surface area contributed by atoms with Crippen LogP contribution in [0.4, 0.5) is 5.69 Å². The molecule has 0 spiro atoms. The van der Waals surface area contributed by atoms with Crippen LogP contribution in [0.15, 0.2) is 18.2 Å². The summed E-state index contributed by atoms with van der Waals surface area (Å²) in [7, 11) is 0. The largest absolute Gasteiger partial charge is 0.492 e. The third-order valence-corrected chi connectivity index (χ3v) is 2.85. The SMILES string of the molecule is CCOc1ccc(Cl)cc1NC(=O)C(C)(C)CN. The Morgan fingerprint density at radius 3 is 2.72 bits per heavy atom. The van der Waals surface area contributed by atoms with Crippen LogP contribution < -0.4 is 15.8 Å². The van der Waals surface area contributed by atoms with Crippen molar-refractivity contribution >= 4 is 23.2 Å². The van der Waals surface area contributed by atoms with Crippen molar-refractivity contribution < 1.29 is 9.53 Å². The van der Waals surface area contributed by atoms with Gasteiger partial charge in [0.1, 0.15) is 5.75 Å². The summed E-state index contributed by atoms with van der Waals surface area (Å²) in [5.41, 5.74) is 5.50. The molecule has 1 aromatic carbocycles. The van der Waals surface area contributed by atoms with Gasteiger partial charge in [0.15, 0.2) is 0 Å². The van der Waals surface area contributed by atoms with Gasteiger partial charge in [-0.2, -0.15) is 0 Å². The third-order valence-electron chi connectivity index (χ3n) is 2.61. The fourth-order valence-electron chi connectivity index (χ4n) is 1.27. The van der Waals surface area contributed by atoms with Gasteiger partial charge in [-0.15, -0.1) is 0 Å². The minimum absolute atomic E-state index is 0.159. The zero-order chi connectivity index (χ0) is 13.8. The first-order valence-electron chi connectivity index (χ1n) is 5.84. The van der Waals surface area contributed by atoms with Crippen LogP contribution in [0.5, 0.6) is 5.75 Å². The molecule has 1 amide bonds. The maximum Gasteiger partial charge on any atom is 0.231 e. The lowest BCUT2D eigenvalue weighted by Crippen LogP contribution is -2.37. The molecule has 0 heterocycles. The highest BCUT2D eigenvalue weighted by Crippen LogP contribution is 2.29. The number of hydrogen-bond acceptors (Lipinski definition) is 3. The number of rotatable bonds is 5. The van der Waals surface area contributed by atoms with Crippen LogP contribution in [-0.2, 0) is 4.79 Å². The Bertz CT molecular complexity index is 433. The van der Waals surface area contributed by atoms with Crippen LogP contribution in [0.3, 0.4) is 0 Å². The Morgan fingerprint density at radius 1 is 1.50 bits per heavy atom.